The van der Waals surface area contributed by atoms with Gasteiger partial charge in [-0.25, -0.2) is 18.1 Å². The van der Waals surface area contributed by atoms with Gasteiger partial charge >= 0.3 is 0 Å². The molecule has 13 heavy (non-hydrogen) atoms. The molecule has 0 atom stereocenters. The Labute approximate surface area is 82.1 Å². The van der Waals surface area contributed by atoms with Gasteiger partial charge in [0.25, 0.3) is 10.0 Å². The third-order valence-corrected chi connectivity index (χ3v) is 3.91. The topological polar surface area (TPSA) is 59.1 Å². The lowest BCUT2D eigenvalue weighted by molar-refractivity contribution is 0.562. The minimum atomic E-state index is -3.34. The van der Waals surface area contributed by atoms with Gasteiger partial charge < -0.3 is 0 Å². The molecule has 0 aliphatic rings. The molecule has 0 spiro atoms. The van der Waals surface area contributed by atoms with Gasteiger partial charge in [0.1, 0.15) is 0 Å². The molecule has 0 aliphatic heterocycles. The zero-order valence-electron chi connectivity index (χ0n) is 7.44. The Morgan fingerprint density at radius 3 is 2.85 bits per heavy atom. The third kappa shape index (κ3) is 3.06. The highest BCUT2D eigenvalue weighted by Gasteiger charge is 2.15. The summed E-state index contributed by atoms with van der Waals surface area (Å²) >= 11 is 0.995. The van der Waals surface area contributed by atoms with E-state index < -0.39 is 10.0 Å². The van der Waals surface area contributed by atoms with Crippen molar-refractivity contribution in [2.24, 2.45) is 5.92 Å². The number of hydrogen-bond donors (Lipinski definition) is 1. The second-order valence-corrected chi connectivity index (χ2v) is 5.84. The summed E-state index contributed by atoms with van der Waals surface area (Å²) in [5, 5.41) is 0. The highest BCUT2D eigenvalue weighted by Crippen LogP contribution is 2.12. The minimum absolute atomic E-state index is 0.216. The Hall–Kier alpha value is -0.460. The van der Waals surface area contributed by atoms with Crippen LogP contribution < -0.4 is 4.72 Å². The Bertz CT molecular complexity index is 343. The van der Waals surface area contributed by atoms with E-state index in [4.69, 9.17) is 0 Å². The molecule has 0 saturated carbocycles. The van der Waals surface area contributed by atoms with Crippen molar-refractivity contribution in [3.05, 3.63) is 11.7 Å². The molecule has 1 N–H and O–H groups in total. The van der Waals surface area contributed by atoms with E-state index in [0.717, 1.165) is 11.3 Å². The van der Waals surface area contributed by atoms with Gasteiger partial charge in [0.05, 0.1) is 6.20 Å². The second kappa shape index (κ2) is 4.17. The summed E-state index contributed by atoms with van der Waals surface area (Å²) in [4.78, 5) is 3.59. The van der Waals surface area contributed by atoms with Crippen LogP contribution in [0.1, 0.15) is 13.8 Å². The van der Waals surface area contributed by atoms with Crippen molar-refractivity contribution in [3.8, 4) is 0 Å². The lowest BCUT2D eigenvalue weighted by Gasteiger charge is -2.05. The van der Waals surface area contributed by atoms with E-state index in [1.54, 1.807) is 0 Å². The Kier molecular flexibility index (Phi) is 3.40. The first-order chi connectivity index (χ1) is 6.02. The van der Waals surface area contributed by atoms with Crippen molar-refractivity contribution in [1.82, 2.24) is 9.71 Å². The molecule has 1 rings (SSSR count). The fraction of sp³-hybridized carbons (Fsp3) is 0.571. The average molecular weight is 219 g/mol. The van der Waals surface area contributed by atoms with Gasteiger partial charge in [0.15, 0.2) is 9.72 Å². The van der Waals surface area contributed by atoms with Crippen LogP contribution in [0.4, 0.5) is 0 Å². The Morgan fingerprint density at radius 2 is 2.38 bits per heavy atom. The van der Waals surface area contributed by atoms with E-state index >= 15 is 0 Å². The minimum Gasteiger partial charge on any atom is -0.240 e. The van der Waals surface area contributed by atoms with Crippen LogP contribution in [0.25, 0.3) is 0 Å². The number of thiazole rings is 1. The van der Waals surface area contributed by atoms with Crippen molar-refractivity contribution < 1.29 is 8.42 Å². The summed E-state index contributed by atoms with van der Waals surface area (Å²) in [7, 11) is -3.34. The number of hydrogen-bond acceptors (Lipinski definition) is 4. The molecule has 0 amide bonds. The SMILES string of the molecule is CC(C)CNS(=O)(=O)c1cn[c]s1. The lowest BCUT2D eigenvalue weighted by atomic mass is 10.2. The summed E-state index contributed by atoms with van der Waals surface area (Å²) in [6, 6.07) is 0. The molecule has 0 bridgehead atoms. The lowest BCUT2D eigenvalue weighted by Crippen LogP contribution is -2.26. The molecular weight excluding hydrogens is 208 g/mol. The van der Waals surface area contributed by atoms with Crippen LogP contribution in [0.5, 0.6) is 0 Å². The van der Waals surface area contributed by atoms with E-state index in [1.807, 2.05) is 13.8 Å². The van der Waals surface area contributed by atoms with Gasteiger partial charge in [-0.1, -0.05) is 25.2 Å². The van der Waals surface area contributed by atoms with Crippen LogP contribution in [-0.4, -0.2) is 19.9 Å². The van der Waals surface area contributed by atoms with Crippen LogP contribution in [0.15, 0.2) is 10.4 Å². The van der Waals surface area contributed by atoms with Gasteiger partial charge in [-0.05, 0) is 5.92 Å². The van der Waals surface area contributed by atoms with Gasteiger partial charge in [0, 0.05) is 6.54 Å². The summed E-state index contributed by atoms with van der Waals surface area (Å²) in [6.45, 7) is 4.34. The first-order valence-electron chi connectivity index (χ1n) is 3.84. The number of rotatable bonds is 4. The molecule has 73 valence electrons. The van der Waals surface area contributed by atoms with Crippen molar-refractivity contribution >= 4 is 21.4 Å². The van der Waals surface area contributed by atoms with Crippen molar-refractivity contribution in [2.45, 2.75) is 18.1 Å². The molecule has 1 heterocycles. The monoisotopic (exact) mass is 219 g/mol. The first-order valence-corrected chi connectivity index (χ1v) is 6.14. The molecule has 0 aromatic carbocycles. The first kappa shape index (κ1) is 10.6. The smallest absolute Gasteiger partial charge is 0.240 e. The normalized spacial score (nSPS) is 12.2. The molecule has 6 heteroatoms. The van der Waals surface area contributed by atoms with E-state index in [1.165, 1.54) is 6.20 Å². The highest BCUT2D eigenvalue weighted by atomic mass is 32.2. The molecule has 1 aromatic rings. The maximum atomic E-state index is 11.4. The fourth-order valence-corrected chi connectivity index (χ4v) is 2.56. The summed E-state index contributed by atoms with van der Waals surface area (Å²) in [6.07, 6.45) is 1.30. The zero-order valence-corrected chi connectivity index (χ0v) is 9.08. The molecule has 4 nitrogen and oxygen atoms in total. The van der Waals surface area contributed by atoms with E-state index in [9.17, 15) is 8.42 Å². The zero-order chi connectivity index (χ0) is 9.90. The van der Waals surface area contributed by atoms with E-state index in [2.05, 4.69) is 15.2 Å². The molecule has 0 saturated heterocycles. The van der Waals surface area contributed by atoms with Gasteiger partial charge in [0.2, 0.25) is 0 Å². The molecule has 0 fully saturated rings. The number of nitrogens with one attached hydrogen (secondary N) is 1. The van der Waals surface area contributed by atoms with Gasteiger partial charge in [-0.15, -0.1) is 0 Å². The third-order valence-electron chi connectivity index (χ3n) is 1.32. The van der Waals surface area contributed by atoms with E-state index in [0.29, 0.717) is 12.5 Å². The highest BCUT2D eigenvalue weighted by molar-refractivity contribution is 7.91. The largest absolute Gasteiger partial charge is 0.251 e. The maximum Gasteiger partial charge on any atom is 0.251 e. The second-order valence-electron chi connectivity index (χ2n) is 3.02. The fourth-order valence-electron chi connectivity index (χ4n) is 0.648. The Balaban J connectivity index is 2.68. The standard InChI is InChI=1S/C7H11N2O2S2/c1-6(2)3-9-13(10,11)7-4-8-5-12-7/h4,6,9H,3H2,1-2H3. The molecule has 0 aliphatic carbocycles. The number of sulfonamides is 1. The Morgan fingerprint density at radius 1 is 1.69 bits per heavy atom. The quantitative estimate of drug-likeness (QED) is 0.817. The van der Waals surface area contributed by atoms with Crippen LogP contribution >= 0.6 is 11.3 Å². The van der Waals surface area contributed by atoms with Crippen LogP contribution in [-0.2, 0) is 10.0 Å². The predicted octanol–water partition coefficient (Wildman–Crippen LogP) is 0.878. The number of aromatic nitrogens is 1. The van der Waals surface area contributed by atoms with Crippen molar-refractivity contribution in [1.29, 1.82) is 0 Å². The summed E-state index contributed by atoms with van der Waals surface area (Å²) < 4.78 is 25.6. The van der Waals surface area contributed by atoms with Crippen LogP contribution in [0.2, 0.25) is 0 Å². The molecule has 1 aromatic heterocycles. The summed E-state index contributed by atoms with van der Waals surface area (Å²) in [5.74, 6) is 0.298. The molecule has 1 radical (unpaired) electrons. The molecular formula is C7H11N2O2S2. The summed E-state index contributed by atoms with van der Waals surface area (Å²) in [5.41, 5.74) is 2.50. The van der Waals surface area contributed by atoms with Crippen molar-refractivity contribution in [2.75, 3.05) is 6.54 Å². The predicted molar refractivity (Wildman–Crippen MR) is 51.0 cm³/mol. The maximum absolute atomic E-state index is 11.4. The average Bonchev–Trinajstić information content (AvgIpc) is 2.53. The van der Waals surface area contributed by atoms with Gasteiger partial charge in [-0.2, -0.15) is 0 Å². The van der Waals surface area contributed by atoms with Crippen molar-refractivity contribution in [3.63, 3.8) is 0 Å². The van der Waals surface area contributed by atoms with Gasteiger partial charge in [-0.3, -0.25) is 0 Å². The molecule has 0 unspecified atom stereocenters. The number of nitrogens with zero attached hydrogens (tertiary/aromatic N) is 1. The van der Waals surface area contributed by atoms with Crippen LogP contribution in [0, 0.1) is 11.4 Å². The van der Waals surface area contributed by atoms with Crippen LogP contribution in [0.3, 0.4) is 0 Å². The van der Waals surface area contributed by atoms with E-state index in [-0.39, 0.29) is 4.21 Å².